The molecule has 5 nitrogen and oxygen atoms in total. The number of amides is 1. The summed E-state index contributed by atoms with van der Waals surface area (Å²) >= 11 is 0. The molecule has 2 aromatic carbocycles. The van der Waals surface area contributed by atoms with E-state index in [0.717, 1.165) is 29.9 Å². The van der Waals surface area contributed by atoms with Crippen LogP contribution in [0.15, 0.2) is 54.6 Å². The number of unbranched alkanes of at least 4 members (excludes halogenated alkanes) is 3. The maximum Gasteiger partial charge on any atom is 0.410 e. The third-order valence-corrected chi connectivity index (χ3v) is 5.71. The topological polar surface area (TPSA) is 59.0 Å². The summed E-state index contributed by atoms with van der Waals surface area (Å²) in [5.41, 5.74) is 0.917. The number of carbonyl (C=O) groups is 1. The van der Waals surface area contributed by atoms with Gasteiger partial charge in [-0.25, -0.2) is 4.79 Å². The molecule has 1 amide bonds. The molecule has 0 radical (unpaired) electrons. The predicted octanol–water partition coefficient (Wildman–Crippen LogP) is 5.27. The normalized spacial score (nSPS) is 15.6. The highest BCUT2D eigenvalue weighted by atomic mass is 16.6. The summed E-state index contributed by atoms with van der Waals surface area (Å²) in [5.74, 6) is 0.834. The van der Waals surface area contributed by atoms with Gasteiger partial charge in [0.1, 0.15) is 12.4 Å². The van der Waals surface area contributed by atoms with E-state index in [2.05, 4.69) is 6.92 Å². The van der Waals surface area contributed by atoms with Crippen molar-refractivity contribution in [1.82, 2.24) is 4.90 Å². The van der Waals surface area contributed by atoms with Gasteiger partial charge in [-0.05, 0) is 42.5 Å². The average Bonchev–Trinajstić information content (AvgIpc) is 2.79. The molecule has 162 valence electrons. The third-order valence-electron chi connectivity index (χ3n) is 5.71. The Bertz CT molecular complexity index is 767. The minimum atomic E-state index is -0.921. The minimum absolute atomic E-state index is 0.264. The molecule has 0 aromatic heterocycles. The zero-order valence-corrected chi connectivity index (χ0v) is 17.9. The number of hydrogen-bond donors (Lipinski definition) is 1. The fourth-order valence-corrected chi connectivity index (χ4v) is 3.74. The Balaban J connectivity index is 1.45. The Morgan fingerprint density at radius 1 is 1.00 bits per heavy atom. The first kappa shape index (κ1) is 22.2. The number of piperidine rings is 1. The molecule has 5 heteroatoms. The fourth-order valence-electron chi connectivity index (χ4n) is 3.74. The first-order valence-electron chi connectivity index (χ1n) is 11.0. The lowest BCUT2D eigenvalue weighted by Gasteiger charge is -2.38. The van der Waals surface area contributed by atoms with Gasteiger partial charge in [0.2, 0.25) is 0 Å². The van der Waals surface area contributed by atoms with Gasteiger partial charge >= 0.3 is 6.09 Å². The Labute approximate surface area is 179 Å². The van der Waals surface area contributed by atoms with Crippen LogP contribution in [0, 0.1) is 0 Å². The van der Waals surface area contributed by atoms with Crippen LogP contribution in [0.25, 0.3) is 0 Å². The lowest BCUT2D eigenvalue weighted by molar-refractivity contribution is -0.0255. The van der Waals surface area contributed by atoms with Gasteiger partial charge in [-0.2, -0.15) is 0 Å². The second-order valence-electron chi connectivity index (χ2n) is 7.99. The number of carbonyl (C=O) groups excluding carboxylic acids is 1. The highest BCUT2D eigenvalue weighted by Crippen LogP contribution is 2.34. The SMILES string of the molecule is CCCCCCOc1ccc(C2(O)CCN(C(=O)OCc3ccccc3)CC2)cc1. The van der Waals surface area contributed by atoms with E-state index in [0.29, 0.717) is 25.9 Å². The van der Waals surface area contributed by atoms with Crippen LogP contribution in [-0.2, 0) is 16.9 Å². The Morgan fingerprint density at radius 3 is 2.37 bits per heavy atom. The number of likely N-dealkylation sites (tertiary alicyclic amines) is 1. The van der Waals surface area contributed by atoms with Crippen LogP contribution in [0.3, 0.4) is 0 Å². The van der Waals surface area contributed by atoms with Crippen LogP contribution in [0.5, 0.6) is 5.75 Å². The van der Waals surface area contributed by atoms with Gasteiger partial charge in [0, 0.05) is 13.1 Å². The Morgan fingerprint density at radius 2 is 1.70 bits per heavy atom. The summed E-state index contributed by atoms with van der Waals surface area (Å²) in [6.07, 6.45) is 5.37. The molecule has 30 heavy (non-hydrogen) atoms. The highest BCUT2D eigenvalue weighted by Gasteiger charge is 2.35. The van der Waals surface area contributed by atoms with Crippen molar-refractivity contribution in [2.75, 3.05) is 19.7 Å². The fraction of sp³-hybridized carbons (Fsp3) is 0.480. The standard InChI is InChI=1S/C25H33NO4/c1-2-3-4-8-19-29-23-13-11-22(12-14-23)25(28)15-17-26(18-16-25)24(27)30-20-21-9-6-5-7-10-21/h5-7,9-14,28H,2-4,8,15-20H2,1H3. The zero-order valence-electron chi connectivity index (χ0n) is 17.9. The second-order valence-corrected chi connectivity index (χ2v) is 7.99. The van der Waals surface area contributed by atoms with E-state index in [1.165, 1.54) is 19.3 Å². The molecule has 0 bridgehead atoms. The van der Waals surface area contributed by atoms with E-state index in [4.69, 9.17) is 9.47 Å². The molecular weight excluding hydrogens is 378 g/mol. The van der Waals surface area contributed by atoms with Gasteiger partial charge in [0.05, 0.1) is 12.2 Å². The van der Waals surface area contributed by atoms with Crippen molar-refractivity contribution >= 4 is 6.09 Å². The summed E-state index contributed by atoms with van der Waals surface area (Å²) in [7, 11) is 0. The molecule has 0 aliphatic carbocycles. The van der Waals surface area contributed by atoms with Crippen molar-refractivity contribution in [2.45, 2.75) is 57.7 Å². The molecule has 0 spiro atoms. The highest BCUT2D eigenvalue weighted by molar-refractivity contribution is 5.67. The number of hydrogen-bond acceptors (Lipinski definition) is 4. The lowest BCUT2D eigenvalue weighted by atomic mass is 9.84. The summed E-state index contributed by atoms with van der Waals surface area (Å²) < 4.78 is 11.2. The molecule has 0 unspecified atom stereocenters. The summed E-state index contributed by atoms with van der Waals surface area (Å²) in [6.45, 7) is 4.13. The molecule has 1 fully saturated rings. The largest absolute Gasteiger partial charge is 0.494 e. The smallest absolute Gasteiger partial charge is 0.410 e. The Hall–Kier alpha value is -2.53. The number of nitrogens with zero attached hydrogens (tertiary/aromatic N) is 1. The van der Waals surface area contributed by atoms with Crippen molar-refractivity contribution in [2.24, 2.45) is 0 Å². The minimum Gasteiger partial charge on any atom is -0.494 e. The van der Waals surface area contributed by atoms with Crippen molar-refractivity contribution in [3.8, 4) is 5.75 Å². The van der Waals surface area contributed by atoms with Crippen LogP contribution in [0.4, 0.5) is 4.79 Å². The molecule has 0 atom stereocenters. The predicted molar refractivity (Wildman–Crippen MR) is 117 cm³/mol. The van der Waals surface area contributed by atoms with Crippen molar-refractivity contribution in [3.63, 3.8) is 0 Å². The molecule has 1 heterocycles. The molecule has 1 saturated heterocycles. The number of benzene rings is 2. The van der Waals surface area contributed by atoms with E-state index in [1.807, 2.05) is 54.6 Å². The van der Waals surface area contributed by atoms with E-state index in [9.17, 15) is 9.90 Å². The molecular formula is C25H33NO4. The van der Waals surface area contributed by atoms with Crippen LogP contribution in [0.2, 0.25) is 0 Å². The average molecular weight is 412 g/mol. The monoisotopic (exact) mass is 411 g/mol. The van der Waals surface area contributed by atoms with Crippen molar-refractivity contribution in [3.05, 3.63) is 65.7 Å². The van der Waals surface area contributed by atoms with Crippen LogP contribution in [-0.4, -0.2) is 35.8 Å². The van der Waals surface area contributed by atoms with Crippen LogP contribution < -0.4 is 4.74 Å². The molecule has 2 aromatic rings. The van der Waals surface area contributed by atoms with Gasteiger partial charge in [0.15, 0.2) is 0 Å². The number of ether oxygens (including phenoxy) is 2. The lowest BCUT2D eigenvalue weighted by Crippen LogP contribution is -2.45. The van der Waals surface area contributed by atoms with Gasteiger partial charge < -0.3 is 19.5 Å². The first-order valence-corrected chi connectivity index (χ1v) is 11.0. The zero-order chi connectivity index (χ0) is 21.2. The van der Waals surface area contributed by atoms with Gasteiger partial charge in [-0.15, -0.1) is 0 Å². The quantitative estimate of drug-likeness (QED) is 0.572. The van der Waals surface area contributed by atoms with Crippen LogP contribution >= 0.6 is 0 Å². The second kappa shape index (κ2) is 11.0. The summed E-state index contributed by atoms with van der Waals surface area (Å²) in [4.78, 5) is 14.0. The van der Waals surface area contributed by atoms with E-state index >= 15 is 0 Å². The molecule has 3 rings (SSSR count). The summed E-state index contributed by atoms with van der Waals surface area (Å²) in [5, 5.41) is 11.1. The van der Waals surface area contributed by atoms with E-state index in [1.54, 1.807) is 4.90 Å². The van der Waals surface area contributed by atoms with Crippen molar-refractivity contribution in [1.29, 1.82) is 0 Å². The van der Waals surface area contributed by atoms with Crippen LogP contribution in [0.1, 0.15) is 56.6 Å². The molecule has 1 aliphatic rings. The first-order chi connectivity index (χ1) is 14.6. The Kier molecular flexibility index (Phi) is 8.14. The molecule has 1 aliphatic heterocycles. The number of rotatable bonds is 9. The van der Waals surface area contributed by atoms with E-state index < -0.39 is 5.60 Å². The maximum absolute atomic E-state index is 12.3. The van der Waals surface area contributed by atoms with Gasteiger partial charge in [-0.1, -0.05) is 68.7 Å². The summed E-state index contributed by atoms with van der Waals surface area (Å²) in [6, 6.07) is 17.4. The van der Waals surface area contributed by atoms with Gasteiger partial charge in [-0.3, -0.25) is 0 Å². The van der Waals surface area contributed by atoms with Gasteiger partial charge in [0.25, 0.3) is 0 Å². The molecule has 1 N–H and O–H groups in total. The van der Waals surface area contributed by atoms with E-state index in [-0.39, 0.29) is 12.7 Å². The van der Waals surface area contributed by atoms with Crippen molar-refractivity contribution < 1.29 is 19.4 Å². The maximum atomic E-state index is 12.3. The third kappa shape index (κ3) is 6.23. The molecule has 0 saturated carbocycles. The number of aliphatic hydroxyl groups is 1.